The molecule has 0 atom stereocenters. The van der Waals surface area contributed by atoms with Gasteiger partial charge in [-0.05, 0) is 35.7 Å². The molecule has 0 aromatic heterocycles. The fraction of sp³-hybridized carbons (Fsp3) is 0.133. The second kappa shape index (κ2) is 4.21. The van der Waals surface area contributed by atoms with E-state index in [2.05, 4.69) is 0 Å². The number of fused-ring (bicyclic) bond motifs is 1. The molecule has 2 aromatic carbocycles. The van der Waals surface area contributed by atoms with Crippen LogP contribution in [0, 0.1) is 5.82 Å². The van der Waals surface area contributed by atoms with Crippen LogP contribution in [0.1, 0.15) is 22.3 Å². The molecule has 0 saturated heterocycles. The van der Waals surface area contributed by atoms with Gasteiger partial charge >= 0.3 is 0 Å². The topological polar surface area (TPSA) is 17.1 Å². The summed E-state index contributed by atoms with van der Waals surface area (Å²) in [5, 5.41) is 0.378. The number of hydrogen-bond acceptors (Lipinski definition) is 1. The molecule has 0 unspecified atom stereocenters. The van der Waals surface area contributed by atoms with E-state index in [0.29, 0.717) is 11.4 Å². The predicted octanol–water partition coefficient (Wildman–Crippen LogP) is 4.28. The maximum atomic E-state index is 13.1. The largest absolute Gasteiger partial charge is 0.294 e. The Morgan fingerprint density at radius 2 is 1.78 bits per heavy atom. The highest BCUT2D eigenvalue weighted by atomic mass is 35.5. The SMILES string of the molecule is O=C1CCc2c1cccc2-c1ccc(F)cc1Cl. The highest BCUT2D eigenvalue weighted by molar-refractivity contribution is 6.33. The van der Waals surface area contributed by atoms with Crippen molar-refractivity contribution >= 4 is 17.4 Å². The zero-order valence-electron chi connectivity index (χ0n) is 9.54. The lowest BCUT2D eigenvalue weighted by atomic mass is 9.97. The maximum absolute atomic E-state index is 13.1. The van der Waals surface area contributed by atoms with Crippen LogP contribution in [0.4, 0.5) is 4.39 Å². The molecular weight excluding hydrogens is 251 g/mol. The Hall–Kier alpha value is -1.67. The van der Waals surface area contributed by atoms with Gasteiger partial charge in [0.25, 0.3) is 0 Å². The molecule has 0 amide bonds. The molecule has 0 radical (unpaired) electrons. The molecule has 0 saturated carbocycles. The lowest BCUT2D eigenvalue weighted by Crippen LogP contribution is -1.92. The van der Waals surface area contributed by atoms with Crippen LogP contribution >= 0.6 is 11.6 Å². The summed E-state index contributed by atoms with van der Waals surface area (Å²) in [4.78, 5) is 11.7. The van der Waals surface area contributed by atoms with Gasteiger partial charge in [0.1, 0.15) is 5.82 Å². The Bertz CT molecular complexity index is 649. The van der Waals surface area contributed by atoms with Crippen molar-refractivity contribution in [3.8, 4) is 11.1 Å². The summed E-state index contributed by atoms with van der Waals surface area (Å²) < 4.78 is 13.1. The summed E-state index contributed by atoms with van der Waals surface area (Å²) >= 11 is 6.08. The summed E-state index contributed by atoms with van der Waals surface area (Å²) in [5.74, 6) is -0.183. The average Bonchev–Trinajstić information content (AvgIpc) is 2.72. The second-order valence-corrected chi connectivity index (χ2v) is 4.79. The molecule has 3 rings (SSSR count). The van der Waals surface area contributed by atoms with Gasteiger partial charge in [-0.25, -0.2) is 4.39 Å². The van der Waals surface area contributed by atoms with Gasteiger partial charge in [0, 0.05) is 17.5 Å². The van der Waals surface area contributed by atoms with Crippen molar-refractivity contribution in [1.82, 2.24) is 0 Å². The molecule has 0 spiro atoms. The first kappa shape index (κ1) is 11.4. The Morgan fingerprint density at radius 3 is 2.56 bits per heavy atom. The summed E-state index contributed by atoms with van der Waals surface area (Å²) in [7, 11) is 0. The molecule has 1 nitrogen and oxygen atoms in total. The van der Waals surface area contributed by atoms with Crippen molar-refractivity contribution in [1.29, 1.82) is 0 Å². The van der Waals surface area contributed by atoms with Crippen molar-refractivity contribution in [3.05, 3.63) is 58.4 Å². The number of hydrogen-bond donors (Lipinski definition) is 0. The van der Waals surface area contributed by atoms with E-state index < -0.39 is 0 Å². The van der Waals surface area contributed by atoms with Crippen molar-refractivity contribution in [3.63, 3.8) is 0 Å². The third kappa shape index (κ3) is 1.73. The van der Waals surface area contributed by atoms with E-state index in [0.717, 1.165) is 28.7 Å². The van der Waals surface area contributed by atoms with E-state index in [-0.39, 0.29) is 11.6 Å². The molecule has 0 bridgehead atoms. The van der Waals surface area contributed by atoms with E-state index in [9.17, 15) is 9.18 Å². The maximum Gasteiger partial charge on any atom is 0.163 e. The highest BCUT2D eigenvalue weighted by Gasteiger charge is 2.22. The lowest BCUT2D eigenvalue weighted by molar-refractivity contribution is 0.0994. The summed E-state index contributed by atoms with van der Waals surface area (Å²) in [6, 6.07) is 9.96. The normalized spacial score (nSPS) is 13.8. The molecule has 0 fully saturated rings. The third-order valence-corrected chi connectivity index (χ3v) is 3.61. The number of halogens is 2. The van der Waals surface area contributed by atoms with E-state index in [1.807, 2.05) is 18.2 Å². The van der Waals surface area contributed by atoms with Crippen LogP contribution in [0.15, 0.2) is 36.4 Å². The predicted molar refractivity (Wildman–Crippen MR) is 69.5 cm³/mol. The molecule has 0 heterocycles. The Morgan fingerprint density at radius 1 is 1.00 bits per heavy atom. The summed E-state index contributed by atoms with van der Waals surface area (Å²) in [6.07, 6.45) is 1.28. The van der Waals surface area contributed by atoms with Gasteiger partial charge < -0.3 is 0 Å². The monoisotopic (exact) mass is 260 g/mol. The first-order valence-electron chi connectivity index (χ1n) is 5.77. The van der Waals surface area contributed by atoms with E-state index in [1.54, 1.807) is 6.07 Å². The van der Waals surface area contributed by atoms with Crippen molar-refractivity contribution in [2.24, 2.45) is 0 Å². The van der Waals surface area contributed by atoms with Crippen LogP contribution in [0.2, 0.25) is 5.02 Å². The molecule has 2 aromatic rings. The van der Waals surface area contributed by atoms with Gasteiger partial charge in [0.15, 0.2) is 5.78 Å². The molecule has 1 aliphatic rings. The van der Waals surface area contributed by atoms with E-state index >= 15 is 0 Å². The molecule has 90 valence electrons. The zero-order chi connectivity index (χ0) is 12.7. The number of carbonyl (C=O) groups excluding carboxylic acids is 1. The van der Waals surface area contributed by atoms with E-state index in [1.165, 1.54) is 12.1 Å². The number of rotatable bonds is 1. The first-order chi connectivity index (χ1) is 8.66. The quantitative estimate of drug-likeness (QED) is 0.748. The van der Waals surface area contributed by atoms with Gasteiger partial charge in [-0.15, -0.1) is 0 Å². The van der Waals surface area contributed by atoms with Gasteiger partial charge in [0.05, 0.1) is 5.02 Å². The number of benzene rings is 2. The van der Waals surface area contributed by atoms with Crippen molar-refractivity contribution in [2.45, 2.75) is 12.8 Å². The number of ketones is 1. The van der Waals surface area contributed by atoms with Crippen LogP contribution in [0.3, 0.4) is 0 Å². The Labute approximate surface area is 109 Å². The van der Waals surface area contributed by atoms with Crippen LogP contribution in [-0.2, 0) is 6.42 Å². The number of carbonyl (C=O) groups is 1. The molecule has 0 N–H and O–H groups in total. The highest BCUT2D eigenvalue weighted by Crippen LogP contribution is 2.36. The van der Waals surface area contributed by atoms with Gasteiger partial charge in [0.2, 0.25) is 0 Å². The van der Waals surface area contributed by atoms with Crippen LogP contribution < -0.4 is 0 Å². The van der Waals surface area contributed by atoms with Crippen LogP contribution in [0.5, 0.6) is 0 Å². The molecular formula is C15H10ClFO. The van der Waals surface area contributed by atoms with Crippen molar-refractivity contribution in [2.75, 3.05) is 0 Å². The Kier molecular flexibility index (Phi) is 2.67. The third-order valence-electron chi connectivity index (χ3n) is 3.30. The van der Waals surface area contributed by atoms with Gasteiger partial charge in [-0.3, -0.25) is 4.79 Å². The fourth-order valence-corrected chi connectivity index (χ4v) is 2.72. The summed E-state index contributed by atoms with van der Waals surface area (Å²) in [5.41, 5.74) is 3.51. The van der Waals surface area contributed by atoms with Gasteiger partial charge in [-0.2, -0.15) is 0 Å². The average molecular weight is 261 g/mol. The minimum atomic E-state index is -0.354. The van der Waals surface area contributed by atoms with Crippen LogP contribution in [0.25, 0.3) is 11.1 Å². The van der Waals surface area contributed by atoms with Gasteiger partial charge in [-0.1, -0.05) is 29.8 Å². The zero-order valence-corrected chi connectivity index (χ0v) is 10.3. The minimum Gasteiger partial charge on any atom is -0.294 e. The first-order valence-corrected chi connectivity index (χ1v) is 6.15. The summed E-state index contributed by atoms with van der Waals surface area (Å²) in [6.45, 7) is 0. The molecule has 1 aliphatic carbocycles. The standard InChI is InChI=1S/C15H10ClFO/c16-14-8-9(17)4-5-12(14)10-2-1-3-13-11(10)6-7-15(13)18/h1-5,8H,6-7H2. The lowest BCUT2D eigenvalue weighted by Gasteiger charge is -2.09. The molecule has 18 heavy (non-hydrogen) atoms. The molecule has 0 aliphatic heterocycles. The fourth-order valence-electron chi connectivity index (χ4n) is 2.45. The smallest absolute Gasteiger partial charge is 0.163 e. The Balaban J connectivity index is 2.22. The van der Waals surface area contributed by atoms with E-state index in [4.69, 9.17) is 11.6 Å². The number of Topliss-reactive ketones (excluding diaryl/α,β-unsaturated/α-hetero) is 1. The van der Waals surface area contributed by atoms with Crippen LogP contribution in [-0.4, -0.2) is 5.78 Å². The molecule has 3 heteroatoms. The van der Waals surface area contributed by atoms with Crippen molar-refractivity contribution < 1.29 is 9.18 Å². The second-order valence-electron chi connectivity index (χ2n) is 4.38. The minimum absolute atomic E-state index is 0.171.